The molecule has 5 heteroatoms. The highest BCUT2D eigenvalue weighted by atomic mass is 16.4. The van der Waals surface area contributed by atoms with Crippen molar-refractivity contribution in [3.8, 4) is 0 Å². The van der Waals surface area contributed by atoms with Gasteiger partial charge in [0.15, 0.2) is 0 Å². The summed E-state index contributed by atoms with van der Waals surface area (Å²) in [7, 11) is 0. The number of hydrogen-bond acceptors (Lipinski definition) is 4. The monoisotopic (exact) mass is 314 g/mol. The topological polar surface area (TPSA) is 66.6 Å². The van der Waals surface area contributed by atoms with Gasteiger partial charge in [0.25, 0.3) is 0 Å². The van der Waals surface area contributed by atoms with Gasteiger partial charge in [-0.1, -0.05) is 0 Å². The van der Waals surface area contributed by atoms with Gasteiger partial charge < -0.3 is 9.52 Å². The molecule has 2 aromatic rings. The van der Waals surface area contributed by atoms with E-state index in [9.17, 15) is 4.79 Å². The number of furan rings is 1. The Labute approximate surface area is 135 Å². The third-order valence-corrected chi connectivity index (χ3v) is 4.53. The lowest BCUT2D eigenvalue weighted by atomic mass is 9.99. The number of pyridine rings is 1. The molecule has 0 amide bonds. The number of likely N-dealkylation sites (tertiary alicyclic amines) is 1. The van der Waals surface area contributed by atoms with E-state index in [-0.39, 0.29) is 5.56 Å². The number of aryl methyl sites for hydroxylation is 2. The molecule has 0 aliphatic carbocycles. The van der Waals surface area contributed by atoms with E-state index in [0.717, 1.165) is 49.6 Å². The molecule has 3 rings (SSSR count). The normalized spacial score (nSPS) is 18.4. The minimum atomic E-state index is -0.920. The van der Waals surface area contributed by atoms with Crippen LogP contribution in [0.15, 0.2) is 28.9 Å². The van der Waals surface area contributed by atoms with Crippen molar-refractivity contribution in [3.05, 3.63) is 52.7 Å². The van der Waals surface area contributed by atoms with Crippen molar-refractivity contribution in [1.29, 1.82) is 0 Å². The van der Waals surface area contributed by atoms with E-state index >= 15 is 0 Å². The van der Waals surface area contributed by atoms with Crippen molar-refractivity contribution in [1.82, 2.24) is 9.88 Å². The first kappa shape index (κ1) is 15.7. The molecule has 0 bridgehead atoms. The van der Waals surface area contributed by atoms with Crippen LogP contribution in [0.1, 0.15) is 39.4 Å². The van der Waals surface area contributed by atoms with Gasteiger partial charge in [0.2, 0.25) is 0 Å². The van der Waals surface area contributed by atoms with Gasteiger partial charge in [0.1, 0.15) is 11.5 Å². The molecule has 0 radical (unpaired) electrons. The third-order valence-electron chi connectivity index (χ3n) is 4.53. The zero-order valence-electron chi connectivity index (χ0n) is 13.6. The van der Waals surface area contributed by atoms with Crippen LogP contribution < -0.4 is 0 Å². The van der Waals surface area contributed by atoms with Crippen LogP contribution in [0.2, 0.25) is 0 Å². The molecule has 0 spiro atoms. The molecular formula is C18H22N2O3. The number of aromatic nitrogens is 1. The van der Waals surface area contributed by atoms with Gasteiger partial charge in [-0.2, -0.15) is 0 Å². The Balaban J connectivity index is 1.57. The van der Waals surface area contributed by atoms with E-state index in [1.807, 2.05) is 6.92 Å². The van der Waals surface area contributed by atoms with Gasteiger partial charge in [-0.05, 0) is 62.4 Å². The van der Waals surface area contributed by atoms with Crippen LogP contribution in [-0.4, -0.2) is 34.0 Å². The van der Waals surface area contributed by atoms with Crippen LogP contribution in [0.4, 0.5) is 0 Å². The van der Waals surface area contributed by atoms with Crippen LogP contribution in [0.25, 0.3) is 0 Å². The summed E-state index contributed by atoms with van der Waals surface area (Å²) in [6.45, 7) is 6.97. The average Bonchev–Trinajstić information content (AvgIpc) is 3.06. The fourth-order valence-electron chi connectivity index (χ4n) is 3.22. The quantitative estimate of drug-likeness (QED) is 0.919. The molecule has 1 unspecified atom stereocenters. The van der Waals surface area contributed by atoms with E-state index in [0.29, 0.717) is 5.92 Å². The first-order valence-corrected chi connectivity index (χ1v) is 7.96. The number of rotatable bonds is 5. The van der Waals surface area contributed by atoms with Gasteiger partial charge in [0.05, 0.1) is 12.1 Å². The highest BCUT2D eigenvalue weighted by molar-refractivity contribution is 5.87. The summed E-state index contributed by atoms with van der Waals surface area (Å²) < 4.78 is 5.75. The standard InChI is InChI=1S/C18H22N2O3/c1-12-5-17(23-13(12)2)11-20-4-3-14(10-20)6-15-7-16(18(21)22)9-19-8-15/h5,7-9,14H,3-4,6,10-11H2,1-2H3,(H,21,22). The first-order chi connectivity index (χ1) is 11.0. The number of carboxylic acid groups (broad SMARTS) is 1. The number of aromatic carboxylic acids is 1. The molecule has 1 N–H and O–H groups in total. The summed E-state index contributed by atoms with van der Waals surface area (Å²) in [5.41, 5.74) is 2.47. The van der Waals surface area contributed by atoms with E-state index in [1.165, 1.54) is 11.8 Å². The maximum Gasteiger partial charge on any atom is 0.337 e. The summed E-state index contributed by atoms with van der Waals surface area (Å²) in [6.07, 6.45) is 5.17. The Hall–Kier alpha value is -2.14. The molecule has 2 aromatic heterocycles. The minimum Gasteiger partial charge on any atom is -0.478 e. The zero-order chi connectivity index (χ0) is 16.4. The largest absolute Gasteiger partial charge is 0.478 e. The SMILES string of the molecule is Cc1cc(CN2CCC(Cc3cncc(C(=O)O)c3)C2)oc1C. The summed E-state index contributed by atoms with van der Waals surface area (Å²) in [4.78, 5) is 17.5. The van der Waals surface area contributed by atoms with Crippen LogP contribution in [0.3, 0.4) is 0 Å². The van der Waals surface area contributed by atoms with Crippen LogP contribution in [0.5, 0.6) is 0 Å². The number of hydrogen-bond donors (Lipinski definition) is 1. The summed E-state index contributed by atoms with van der Waals surface area (Å²) in [5.74, 6) is 1.64. The van der Waals surface area contributed by atoms with Crippen LogP contribution in [-0.2, 0) is 13.0 Å². The Morgan fingerprint density at radius 2 is 2.22 bits per heavy atom. The Morgan fingerprint density at radius 1 is 1.39 bits per heavy atom. The summed E-state index contributed by atoms with van der Waals surface area (Å²) in [5, 5.41) is 9.04. The van der Waals surface area contributed by atoms with E-state index in [1.54, 1.807) is 12.3 Å². The fraction of sp³-hybridized carbons (Fsp3) is 0.444. The zero-order valence-corrected chi connectivity index (χ0v) is 13.6. The highest BCUT2D eigenvalue weighted by Gasteiger charge is 2.24. The third kappa shape index (κ3) is 3.79. The molecule has 0 aromatic carbocycles. The van der Waals surface area contributed by atoms with E-state index in [4.69, 9.17) is 9.52 Å². The highest BCUT2D eigenvalue weighted by Crippen LogP contribution is 2.24. The van der Waals surface area contributed by atoms with Crippen molar-refractivity contribution < 1.29 is 14.3 Å². The first-order valence-electron chi connectivity index (χ1n) is 7.96. The molecule has 1 fully saturated rings. The van der Waals surface area contributed by atoms with Gasteiger partial charge in [-0.15, -0.1) is 0 Å². The van der Waals surface area contributed by atoms with Gasteiger partial charge in [-0.25, -0.2) is 4.79 Å². The fourth-order valence-corrected chi connectivity index (χ4v) is 3.22. The van der Waals surface area contributed by atoms with Gasteiger partial charge in [-0.3, -0.25) is 9.88 Å². The maximum atomic E-state index is 11.0. The molecule has 1 aliphatic rings. The summed E-state index contributed by atoms with van der Waals surface area (Å²) in [6, 6.07) is 3.85. The van der Waals surface area contributed by atoms with E-state index < -0.39 is 5.97 Å². The molecule has 0 saturated carbocycles. The molecule has 3 heterocycles. The predicted molar refractivity (Wildman–Crippen MR) is 86.5 cm³/mol. The molecule has 1 saturated heterocycles. The molecule has 122 valence electrons. The maximum absolute atomic E-state index is 11.0. The molecule has 1 aliphatic heterocycles. The van der Waals surface area contributed by atoms with Crippen molar-refractivity contribution in [2.45, 2.75) is 33.2 Å². The molecule has 23 heavy (non-hydrogen) atoms. The Bertz CT molecular complexity index is 689. The van der Waals surface area contributed by atoms with Gasteiger partial charge >= 0.3 is 5.97 Å². The van der Waals surface area contributed by atoms with E-state index in [2.05, 4.69) is 22.9 Å². The number of nitrogens with zero attached hydrogens (tertiary/aromatic N) is 2. The average molecular weight is 314 g/mol. The molecular weight excluding hydrogens is 292 g/mol. The lowest BCUT2D eigenvalue weighted by molar-refractivity contribution is 0.0696. The number of carboxylic acids is 1. The second kappa shape index (κ2) is 6.54. The predicted octanol–water partition coefficient (Wildman–Crippen LogP) is 3.05. The Morgan fingerprint density at radius 3 is 2.91 bits per heavy atom. The minimum absolute atomic E-state index is 0.263. The smallest absolute Gasteiger partial charge is 0.337 e. The van der Waals surface area contributed by atoms with Crippen molar-refractivity contribution in [3.63, 3.8) is 0 Å². The lowest BCUT2D eigenvalue weighted by Gasteiger charge is -2.14. The molecule has 1 atom stereocenters. The van der Waals surface area contributed by atoms with Crippen LogP contribution in [0, 0.1) is 19.8 Å². The number of carbonyl (C=O) groups is 1. The van der Waals surface area contributed by atoms with Crippen molar-refractivity contribution >= 4 is 5.97 Å². The molecule has 5 nitrogen and oxygen atoms in total. The second-order valence-electron chi connectivity index (χ2n) is 6.43. The Kier molecular flexibility index (Phi) is 4.48. The van der Waals surface area contributed by atoms with Gasteiger partial charge in [0, 0.05) is 18.9 Å². The van der Waals surface area contributed by atoms with Crippen LogP contribution >= 0.6 is 0 Å². The summed E-state index contributed by atoms with van der Waals surface area (Å²) >= 11 is 0. The second-order valence-corrected chi connectivity index (χ2v) is 6.43. The lowest BCUT2D eigenvalue weighted by Crippen LogP contribution is -2.20. The van der Waals surface area contributed by atoms with Crippen molar-refractivity contribution in [2.24, 2.45) is 5.92 Å². The van der Waals surface area contributed by atoms with Crippen molar-refractivity contribution in [2.75, 3.05) is 13.1 Å².